The predicted octanol–water partition coefficient (Wildman–Crippen LogP) is 4.18. The van der Waals surface area contributed by atoms with Crippen molar-refractivity contribution in [1.82, 2.24) is 14.5 Å². The van der Waals surface area contributed by atoms with E-state index in [1.807, 2.05) is 30.5 Å². The van der Waals surface area contributed by atoms with Crippen LogP contribution in [0, 0.1) is 6.92 Å². The van der Waals surface area contributed by atoms with Crippen molar-refractivity contribution in [3.05, 3.63) is 50.7 Å². The molecule has 0 atom stereocenters. The molecule has 0 saturated heterocycles. The van der Waals surface area contributed by atoms with E-state index < -0.39 is 0 Å². The molecule has 1 amide bonds. The molecule has 0 unspecified atom stereocenters. The number of aromatic nitrogens is 3. The van der Waals surface area contributed by atoms with Gasteiger partial charge in [0, 0.05) is 17.5 Å². The molecule has 4 rings (SSSR count). The molecule has 0 bridgehead atoms. The third-order valence-electron chi connectivity index (χ3n) is 4.87. The molecule has 3 aromatic heterocycles. The third kappa shape index (κ3) is 3.79. The maximum absolute atomic E-state index is 12.9. The molecule has 0 fully saturated rings. The van der Waals surface area contributed by atoms with E-state index in [1.54, 1.807) is 21.1 Å². The van der Waals surface area contributed by atoms with E-state index in [0.717, 1.165) is 5.56 Å². The van der Waals surface area contributed by atoms with Gasteiger partial charge in [-0.15, -0.1) is 22.7 Å². The second-order valence-electron chi connectivity index (χ2n) is 6.63. The van der Waals surface area contributed by atoms with E-state index in [9.17, 15) is 9.59 Å². The van der Waals surface area contributed by atoms with E-state index in [4.69, 9.17) is 9.47 Å². The molecule has 3 heterocycles. The Bertz CT molecular complexity index is 1340. The number of nitrogens with zero attached hydrogens (tertiary/aromatic N) is 3. The predicted molar refractivity (Wildman–Crippen MR) is 123 cm³/mol. The SMILES string of the molecule is CCn1cnc2sc(C(=O)Nc3nc(-c4cc(OC)ccc4OC)cs3)c(C)c2c1=O. The van der Waals surface area contributed by atoms with Gasteiger partial charge in [0.05, 0.1) is 36.5 Å². The van der Waals surface area contributed by atoms with Crippen LogP contribution in [0.4, 0.5) is 5.13 Å². The van der Waals surface area contributed by atoms with Crippen LogP contribution in [0.5, 0.6) is 11.5 Å². The van der Waals surface area contributed by atoms with Crippen LogP contribution in [-0.2, 0) is 6.54 Å². The van der Waals surface area contributed by atoms with Gasteiger partial charge in [-0.1, -0.05) is 0 Å². The van der Waals surface area contributed by atoms with Crippen LogP contribution in [-0.4, -0.2) is 34.7 Å². The lowest BCUT2D eigenvalue weighted by Gasteiger charge is -2.08. The minimum atomic E-state index is -0.318. The number of amides is 1. The number of fused-ring (bicyclic) bond motifs is 1. The first-order valence-corrected chi connectivity index (χ1v) is 11.1. The maximum atomic E-state index is 12.9. The quantitative estimate of drug-likeness (QED) is 0.468. The second-order valence-corrected chi connectivity index (χ2v) is 8.49. The molecule has 31 heavy (non-hydrogen) atoms. The highest BCUT2D eigenvalue weighted by Crippen LogP contribution is 2.35. The number of anilines is 1. The zero-order valence-electron chi connectivity index (χ0n) is 17.4. The molecule has 4 aromatic rings. The molecule has 0 spiro atoms. The number of nitrogens with one attached hydrogen (secondary N) is 1. The van der Waals surface area contributed by atoms with Crippen LogP contribution in [0.25, 0.3) is 21.5 Å². The number of rotatable bonds is 6. The second kappa shape index (κ2) is 8.48. The Morgan fingerprint density at radius 3 is 2.77 bits per heavy atom. The maximum Gasteiger partial charge on any atom is 0.267 e. The Hall–Kier alpha value is -3.24. The molecule has 0 radical (unpaired) electrons. The highest BCUT2D eigenvalue weighted by Gasteiger charge is 2.21. The molecule has 0 aliphatic heterocycles. The Kier molecular flexibility index (Phi) is 5.75. The van der Waals surface area contributed by atoms with Crippen LogP contribution in [0.1, 0.15) is 22.2 Å². The standard InChI is InChI=1S/C21H20N4O4S2/c1-5-25-10-22-19-16(20(25)27)11(2)17(31-19)18(26)24-21-23-14(9-30-21)13-8-12(28-3)6-7-15(13)29-4/h6-10H,5H2,1-4H3,(H,23,24,26). The lowest BCUT2D eigenvalue weighted by Crippen LogP contribution is -2.19. The number of hydrogen-bond acceptors (Lipinski definition) is 8. The normalized spacial score (nSPS) is 11.0. The number of carbonyl (C=O) groups is 1. The Labute approximate surface area is 186 Å². The van der Waals surface area contributed by atoms with Crippen molar-refractivity contribution in [2.75, 3.05) is 19.5 Å². The summed E-state index contributed by atoms with van der Waals surface area (Å²) in [6.07, 6.45) is 1.51. The lowest BCUT2D eigenvalue weighted by molar-refractivity contribution is 0.103. The van der Waals surface area contributed by atoms with Gasteiger partial charge in [0.1, 0.15) is 16.3 Å². The highest BCUT2D eigenvalue weighted by atomic mass is 32.1. The zero-order valence-corrected chi connectivity index (χ0v) is 19.0. The van der Waals surface area contributed by atoms with Crippen molar-refractivity contribution >= 4 is 43.9 Å². The van der Waals surface area contributed by atoms with Crippen LogP contribution < -0.4 is 20.3 Å². The van der Waals surface area contributed by atoms with Gasteiger partial charge >= 0.3 is 0 Å². The van der Waals surface area contributed by atoms with Crippen molar-refractivity contribution in [2.45, 2.75) is 20.4 Å². The van der Waals surface area contributed by atoms with Crippen molar-refractivity contribution in [3.63, 3.8) is 0 Å². The molecule has 1 N–H and O–H groups in total. The summed E-state index contributed by atoms with van der Waals surface area (Å²) in [5.74, 6) is 1.02. The lowest BCUT2D eigenvalue weighted by atomic mass is 10.1. The largest absolute Gasteiger partial charge is 0.497 e. The van der Waals surface area contributed by atoms with E-state index in [2.05, 4.69) is 15.3 Å². The smallest absolute Gasteiger partial charge is 0.267 e. The zero-order chi connectivity index (χ0) is 22.1. The number of hydrogen-bond donors (Lipinski definition) is 1. The number of thiazole rings is 1. The summed E-state index contributed by atoms with van der Waals surface area (Å²) >= 11 is 2.51. The fraction of sp³-hybridized carbons (Fsp3) is 0.238. The number of benzene rings is 1. The molecular formula is C21H20N4O4S2. The molecule has 8 nitrogen and oxygen atoms in total. The fourth-order valence-corrected chi connectivity index (χ4v) is 4.96. The van der Waals surface area contributed by atoms with Crippen molar-refractivity contribution in [3.8, 4) is 22.8 Å². The van der Waals surface area contributed by atoms with E-state index in [-0.39, 0.29) is 11.5 Å². The van der Waals surface area contributed by atoms with Gasteiger partial charge < -0.3 is 9.47 Å². The van der Waals surface area contributed by atoms with Crippen LogP contribution >= 0.6 is 22.7 Å². The molecule has 160 valence electrons. The molecule has 0 aliphatic carbocycles. The van der Waals surface area contributed by atoms with Crippen LogP contribution in [0.3, 0.4) is 0 Å². The number of thiophene rings is 1. The van der Waals surface area contributed by atoms with Crippen molar-refractivity contribution < 1.29 is 14.3 Å². The van der Waals surface area contributed by atoms with E-state index in [0.29, 0.717) is 49.5 Å². The van der Waals surface area contributed by atoms with Gasteiger partial charge in [-0.2, -0.15) is 0 Å². The number of ether oxygens (including phenoxy) is 2. The summed E-state index contributed by atoms with van der Waals surface area (Å²) in [6, 6.07) is 5.45. The van der Waals surface area contributed by atoms with Gasteiger partial charge in [0.25, 0.3) is 11.5 Å². The number of methoxy groups -OCH3 is 2. The summed E-state index contributed by atoms with van der Waals surface area (Å²) in [6.45, 7) is 4.17. The number of aryl methyl sites for hydroxylation is 2. The highest BCUT2D eigenvalue weighted by molar-refractivity contribution is 7.21. The molecule has 0 aliphatic rings. The summed E-state index contributed by atoms with van der Waals surface area (Å²) < 4.78 is 12.2. The fourth-order valence-electron chi connectivity index (χ4n) is 3.22. The topological polar surface area (TPSA) is 95.3 Å². The van der Waals surface area contributed by atoms with Gasteiger partial charge in [-0.25, -0.2) is 9.97 Å². The van der Waals surface area contributed by atoms with Crippen LogP contribution in [0.15, 0.2) is 34.7 Å². The molecule has 1 aromatic carbocycles. The number of carbonyl (C=O) groups excluding carboxylic acids is 1. The van der Waals surface area contributed by atoms with E-state index >= 15 is 0 Å². The third-order valence-corrected chi connectivity index (χ3v) is 6.83. The first-order valence-electron chi connectivity index (χ1n) is 9.44. The van der Waals surface area contributed by atoms with Gasteiger partial charge in [0.2, 0.25) is 0 Å². The van der Waals surface area contributed by atoms with Gasteiger partial charge in [-0.3, -0.25) is 19.5 Å². The molecule has 0 saturated carbocycles. The first kappa shape index (κ1) is 21.0. The van der Waals surface area contributed by atoms with E-state index in [1.165, 1.54) is 33.6 Å². The molecular weight excluding hydrogens is 436 g/mol. The summed E-state index contributed by atoms with van der Waals surface area (Å²) in [5, 5.41) is 5.61. The summed E-state index contributed by atoms with van der Waals surface area (Å²) in [4.78, 5) is 35.4. The summed E-state index contributed by atoms with van der Waals surface area (Å²) in [7, 11) is 3.18. The molecule has 10 heteroatoms. The first-order chi connectivity index (χ1) is 15.0. The minimum absolute atomic E-state index is 0.137. The Balaban J connectivity index is 1.64. The van der Waals surface area contributed by atoms with Crippen LogP contribution in [0.2, 0.25) is 0 Å². The summed E-state index contributed by atoms with van der Waals surface area (Å²) in [5.41, 5.74) is 1.92. The van der Waals surface area contributed by atoms with Crippen molar-refractivity contribution in [1.29, 1.82) is 0 Å². The van der Waals surface area contributed by atoms with Crippen molar-refractivity contribution in [2.24, 2.45) is 0 Å². The average molecular weight is 457 g/mol. The van der Waals surface area contributed by atoms with Gasteiger partial charge in [-0.05, 0) is 37.6 Å². The minimum Gasteiger partial charge on any atom is -0.497 e. The monoisotopic (exact) mass is 456 g/mol. The van der Waals surface area contributed by atoms with Gasteiger partial charge in [0.15, 0.2) is 5.13 Å². The Morgan fingerprint density at radius 1 is 1.26 bits per heavy atom. The average Bonchev–Trinajstić information content (AvgIpc) is 3.38. The Morgan fingerprint density at radius 2 is 2.06 bits per heavy atom.